The molecule has 0 aromatic heterocycles. The minimum atomic E-state index is -0.00824. The zero-order chi connectivity index (χ0) is 13.9. The Balaban J connectivity index is 1.83. The first-order chi connectivity index (χ1) is 9.72. The van der Waals surface area contributed by atoms with Crippen molar-refractivity contribution in [1.29, 1.82) is 0 Å². The van der Waals surface area contributed by atoms with Gasteiger partial charge in [0, 0.05) is 17.2 Å². The van der Waals surface area contributed by atoms with Crippen molar-refractivity contribution < 1.29 is 9.53 Å². The van der Waals surface area contributed by atoms with Crippen LogP contribution in [-0.2, 0) is 4.79 Å². The van der Waals surface area contributed by atoms with Gasteiger partial charge in [-0.05, 0) is 44.1 Å². The maximum Gasteiger partial charge on any atom is 0.251 e. The summed E-state index contributed by atoms with van der Waals surface area (Å²) in [6.45, 7) is 2.03. The minimum Gasteiger partial charge on any atom is -0.464 e. The van der Waals surface area contributed by atoms with Crippen LogP contribution < -0.4 is 10.1 Å². The molecule has 3 rings (SSSR count). The molecule has 1 heterocycles. The first-order valence-corrected chi connectivity index (χ1v) is 7.19. The van der Waals surface area contributed by atoms with Crippen LogP contribution in [0.25, 0.3) is 6.08 Å². The highest BCUT2D eigenvalue weighted by Gasteiger charge is 2.19. The number of amides is 1. The third-order valence-electron chi connectivity index (χ3n) is 3.87. The maximum absolute atomic E-state index is 12.3. The summed E-state index contributed by atoms with van der Waals surface area (Å²) in [6, 6.07) is 6.30. The average molecular weight is 269 g/mol. The predicted molar refractivity (Wildman–Crippen MR) is 79.3 cm³/mol. The van der Waals surface area contributed by atoms with Gasteiger partial charge in [-0.15, -0.1) is 0 Å². The summed E-state index contributed by atoms with van der Waals surface area (Å²) >= 11 is 0. The van der Waals surface area contributed by atoms with Crippen molar-refractivity contribution in [3.8, 4) is 5.75 Å². The van der Waals surface area contributed by atoms with E-state index in [1.54, 1.807) is 12.3 Å². The largest absolute Gasteiger partial charge is 0.464 e. The van der Waals surface area contributed by atoms with Gasteiger partial charge in [0.25, 0.3) is 5.91 Å². The predicted octanol–water partition coefficient (Wildman–Crippen LogP) is 3.34. The molecule has 0 unspecified atom stereocenters. The van der Waals surface area contributed by atoms with Crippen molar-refractivity contribution in [2.24, 2.45) is 0 Å². The monoisotopic (exact) mass is 269 g/mol. The smallest absolute Gasteiger partial charge is 0.251 e. The van der Waals surface area contributed by atoms with Crippen molar-refractivity contribution in [2.75, 3.05) is 0 Å². The molecule has 1 aromatic carbocycles. The summed E-state index contributed by atoms with van der Waals surface area (Å²) in [7, 11) is 0. The van der Waals surface area contributed by atoms with E-state index in [1.807, 2.05) is 31.2 Å². The Morgan fingerprint density at radius 2 is 2.10 bits per heavy atom. The molecule has 1 N–H and O–H groups in total. The van der Waals surface area contributed by atoms with Crippen LogP contribution in [0.15, 0.2) is 36.1 Å². The molecule has 3 nitrogen and oxygen atoms in total. The lowest BCUT2D eigenvalue weighted by Gasteiger charge is -2.12. The third kappa shape index (κ3) is 2.77. The molecule has 0 radical (unpaired) electrons. The van der Waals surface area contributed by atoms with E-state index in [9.17, 15) is 4.79 Å². The molecule has 1 aromatic rings. The molecule has 0 atom stereocenters. The summed E-state index contributed by atoms with van der Waals surface area (Å²) in [5, 5.41) is 3.11. The Hall–Kier alpha value is -2.03. The molecular formula is C17H19NO2. The molecule has 1 amide bonds. The van der Waals surface area contributed by atoms with Gasteiger partial charge in [0.1, 0.15) is 5.75 Å². The summed E-state index contributed by atoms with van der Waals surface area (Å²) in [5.74, 6) is 0.779. The van der Waals surface area contributed by atoms with Crippen LogP contribution in [0.3, 0.4) is 0 Å². The Bertz CT molecular complexity index is 581. The maximum atomic E-state index is 12.3. The van der Waals surface area contributed by atoms with Gasteiger partial charge < -0.3 is 10.1 Å². The molecule has 104 valence electrons. The number of benzene rings is 1. The van der Waals surface area contributed by atoms with Gasteiger partial charge in [0.05, 0.1) is 6.26 Å². The van der Waals surface area contributed by atoms with Gasteiger partial charge in [0.2, 0.25) is 0 Å². The zero-order valence-corrected chi connectivity index (χ0v) is 11.7. The molecular weight excluding hydrogens is 250 g/mol. The highest BCUT2D eigenvalue weighted by atomic mass is 16.5. The topological polar surface area (TPSA) is 38.3 Å². The van der Waals surface area contributed by atoms with E-state index in [2.05, 4.69) is 5.32 Å². The summed E-state index contributed by atoms with van der Waals surface area (Å²) in [6.07, 6.45) is 9.83. The lowest BCUT2D eigenvalue weighted by Crippen LogP contribution is -2.33. The average Bonchev–Trinajstić information content (AvgIpc) is 2.83. The van der Waals surface area contributed by atoms with Crippen molar-refractivity contribution in [3.63, 3.8) is 0 Å². The minimum absolute atomic E-state index is 0.00824. The fourth-order valence-corrected chi connectivity index (χ4v) is 2.76. The number of hydrogen-bond acceptors (Lipinski definition) is 2. The third-order valence-corrected chi connectivity index (χ3v) is 3.87. The number of nitrogens with one attached hydrogen (secondary N) is 1. The molecule has 1 fully saturated rings. The van der Waals surface area contributed by atoms with Gasteiger partial charge in [0.15, 0.2) is 0 Å². The van der Waals surface area contributed by atoms with E-state index in [4.69, 9.17) is 4.74 Å². The Morgan fingerprint density at radius 1 is 1.30 bits per heavy atom. The molecule has 20 heavy (non-hydrogen) atoms. The molecule has 2 aliphatic rings. The Kier molecular flexibility index (Phi) is 3.59. The van der Waals surface area contributed by atoms with Crippen LogP contribution >= 0.6 is 0 Å². The standard InChI is InChI=1S/C17H19NO2/c1-12-6-7-16-14(10-12)11-13(8-9-20-16)17(19)18-15-4-2-3-5-15/h6-11,15H,2-5H2,1H3,(H,18,19). The van der Waals surface area contributed by atoms with Gasteiger partial charge in [-0.25, -0.2) is 0 Å². The highest BCUT2D eigenvalue weighted by Crippen LogP contribution is 2.26. The van der Waals surface area contributed by atoms with Crippen LogP contribution in [-0.4, -0.2) is 11.9 Å². The summed E-state index contributed by atoms with van der Waals surface area (Å²) in [5.41, 5.74) is 2.76. The second-order valence-electron chi connectivity index (χ2n) is 5.52. The number of carbonyl (C=O) groups excluding carboxylic acids is 1. The molecule has 1 saturated carbocycles. The molecule has 0 spiro atoms. The van der Waals surface area contributed by atoms with E-state index >= 15 is 0 Å². The highest BCUT2D eigenvalue weighted by molar-refractivity contribution is 6.01. The van der Waals surface area contributed by atoms with Crippen molar-refractivity contribution in [3.05, 3.63) is 47.2 Å². The fraction of sp³-hybridized carbons (Fsp3) is 0.353. The number of rotatable bonds is 2. The number of ether oxygens (including phenoxy) is 1. The quantitative estimate of drug-likeness (QED) is 0.894. The molecule has 1 aliphatic carbocycles. The van der Waals surface area contributed by atoms with E-state index in [0.29, 0.717) is 11.6 Å². The number of fused-ring (bicyclic) bond motifs is 1. The normalized spacial score (nSPS) is 17.9. The van der Waals surface area contributed by atoms with Gasteiger partial charge in [-0.1, -0.05) is 24.5 Å². The number of aryl methyl sites for hydroxylation is 1. The second kappa shape index (κ2) is 5.53. The lowest BCUT2D eigenvalue weighted by atomic mass is 10.1. The molecule has 0 saturated heterocycles. The molecule has 0 bridgehead atoms. The second-order valence-corrected chi connectivity index (χ2v) is 5.52. The number of hydrogen-bond donors (Lipinski definition) is 1. The molecule has 1 aliphatic heterocycles. The zero-order valence-electron chi connectivity index (χ0n) is 11.7. The van der Waals surface area contributed by atoms with Crippen LogP contribution in [0.2, 0.25) is 0 Å². The summed E-state index contributed by atoms with van der Waals surface area (Å²) < 4.78 is 5.54. The van der Waals surface area contributed by atoms with Crippen LogP contribution in [0, 0.1) is 6.92 Å². The lowest BCUT2D eigenvalue weighted by molar-refractivity contribution is -0.117. The van der Waals surface area contributed by atoms with E-state index in [1.165, 1.54) is 12.8 Å². The number of carbonyl (C=O) groups is 1. The first kappa shape index (κ1) is 13.0. The molecule has 3 heteroatoms. The fourth-order valence-electron chi connectivity index (χ4n) is 2.76. The van der Waals surface area contributed by atoms with Gasteiger partial charge in [-0.2, -0.15) is 0 Å². The van der Waals surface area contributed by atoms with Crippen molar-refractivity contribution >= 4 is 12.0 Å². The van der Waals surface area contributed by atoms with Crippen molar-refractivity contribution in [2.45, 2.75) is 38.6 Å². The van der Waals surface area contributed by atoms with E-state index in [0.717, 1.165) is 29.7 Å². The SMILES string of the molecule is Cc1ccc2c(c1)C=C(C(=O)NC1CCCC1)C=CO2. The van der Waals surface area contributed by atoms with E-state index in [-0.39, 0.29) is 5.91 Å². The van der Waals surface area contributed by atoms with Crippen LogP contribution in [0.4, 0.5) is 0 Å². The Labute approximate surface area is 119 Å². The van der Waals surface area contributed by atoms with E-state index < -0.39 is 0 Å². The van der Waals surface area contributed by atoms with Crippen LogP contribution in [0.1, 0.15) is 36.8 Å². The van der Waals surface area contributed by atoms with Crippen molar-refractivity contribution in [1.82, 2.24) is 5.32 Å². The summed E-state index contributed by atoms with van der Waals surface area (Å²) in [4.78, 5) is 12.3. The van der Waals surface area contributed by atoms with Gasteiger partial charge >= 0.3 is 0 Å². The first-order valence-electron chi connectivity index (χ1n) is 7.19. The van der Waals surface area contributed by atoms with Crippen LogP contribution in [0.5, 0.6) is 5.75 Å². The Morgan fingerprint density at radius 3 is 2.90 bits per heavy atom. The van der Waals surface area contributed by atoms with Gasteiger partial charge in [-0.3, -0.25) is 4.79 Å².